The number of pyridine rings is 1. The molecule has 19 heavy (non-hydrogen) atoms. The molecule has 1 aromatic carbocycles. The van der Waals surface area contributed by atoms with E-state index in [2.05, 4.69) is 4.98 Å². The number of methoxy groups -OCH3 is 2. The normalized spacial score (nSPS) is 11.9. The third-order valence-corrected chi connectivity index (χ3v) is 2.93. The second-order valence-corrected chi connectivity index (χ2v) is 4.13. The third kappa shape index (κ3) is 3.03. The van der Waals surface area contributed by atoms with Crippen LogP contribution in [0.15, 0.2) is 42.6 Å². The van der Waals surface area contributed by atoms with Gasteiger partial charge in [-0.25, -0.2) is 0 Å². The molecule has 100 valence electrons. The van der Waals surface area contributed by atoms with Gasteiger partial charge in [0.25, 0.3) is 0 Å². The lowest BCUT2D eigenvalue weighted by molar-refractivity contribution is 0.172. The summed E-state index contributed by atoms with van der Waals surface area (Å²) >= 11 is 0. The number of nitrogens with zero attached hydrogens (tertiary/aromatic N) is 1. The molecule has 1 N–H and O–H groups in total. The average molecular weight is 259 g/mol. The molecule has 1 unspecified atom stereocenters. The van der Waals surface area contributed by atoms with Crippen LogP contribution < -0.4 is 9.47 Å². The van der Waals surface area contributed by atoms with E-state index in [1.807, 2.05) is 30.3 Å². The number of rotatable bonds is 5. The molecule has 0 spiro atoms. The standard InChI is InChI=1S/C15H17NO3/c1-18-14-8-5-6-11(15(14)19-2)10-13(17)12-7-3-4-9-16-12/h3-9,13,17H,10H2,1-2H3. The zero-order valence-corrected chi connectivity index (χ0v) is 11.0. The van der Waals surface area contributed by atoms with Gasteiger partial charge in [-0.3, -0.25) is 4.98 Å². The molecule has 0 aliphatic heterocycles. The van der Waals surface area contributed by atoms with Crippen molar-refractivity contribution in [1.82, 2.24) is 4.98 Å². The van der Waals surface area contributed by atoms with E-state index >= 15 is 0 Å². The van der Waals surface area contributed by atoms with Gasteiger partial charge in [0.2, 0.25) is 0 Å². The molecule has 0 aliphatic carbocycles. The van der Waals surface area contributed by atoms with Crippen LogP contribution in [0.5, 0.6) is 11.5 Å². The fourth-order valence-electron chi connectivity index (χ4n) is 2.00. The topological polar surface area (TPSA) is 51.6 Å². The number of aliphatic hydroxyl groups is 1. The molecular formula is C15H17NO3. The summed E-state index contributed by atoms with van der Waals surface area (Å²) in [5, 5.41) is 10.2. The molecule has 0 bridgehead atoms. The van der Waals surface area contributed by atoms with Crippen LogP contribution in [-0.2, 0) is 6.42 Å². The highest BCUT2D eigenvalue weighted by Gasteiger charge is 2.15. The lowest BCUT2D eigenvalue weighted by Gasteiger charge is -2.15. The first-order chi connectivity index (χ1) is 9.26. The number of aliphatic hydroxyl groups excluding tert-OH is 1. The Kier molecular flexibility index (Phi) is 4.36. The maximum Gasteiger partial charge on any atom is 0.164 e. The number of ether oxygens (including phenoxy) is 2. The Bertz CT molecular complexity index is 528. The summed E-state index contributed by atoms with van der Waals surface area (Å²) in [6.45, 7) is 0. The summed E-state index contributed by atoms with van der Waals surface area (Å²) in [7, 11) is 3.19. The van der Waals surface area contributed by atoms with Crippen LogP contribution in [0.2, 0.25) is 0 Å². The van der Waals surface area contributed by atoms with Crippen molar-refractivity contribution in [2.45, 2.75) is 12.5 Å². The predicted molar refractivity (Wildman–Crippen MR) is 72.4 cm³/mol. The Morgan fingerprint density at radius 3 is 2.58 bits per heavy atom. The van der Waals surface area contributed by atoms with Crippen molar-refractivity contribution < 1.29 is 14.6 Å². The Morgan fingerprint density at radius 2 is 1.95 bits per heavy atom. The van der Waals surface area contributed by atoms with Crippen molar-refractivity contribution in [3.05, 3.63) is 53.9 Å². The maximum absolute atomic E-state index is 10.2. The zero-order valence-electron chi connectivity index (χ0n) is 11.0. The zero-order chi connectivity index (χ0) is 13.7. The van der Waals surface area contributed by atoms with Gasteiger partial charge in [-0.1, -0.05) is 18.2 Å². The van der Waals surface area contributed by atoms with Crippen molar-refractivity contribution in [2.75, 3.05) is 14.2 Å². The summed E-state index contributed by atoms with van der Waals surface area (Å²) in [5.41, 5.74) is 1.53. The van der Waals surface area contributed by atoms with Crippen LogP contribution in [0.1, 0.15) is 17.4 Å². The molecule has 0 aliphatic rings. The van der Waals surface area contributed by atoms with E-state index in [1.54, 1.807) is 26.5 Å². The van der Waals surface area contributed by atoms with Gasteiger partial charge in [0, 0.05) is 18.2 Å². The molecule has 0 amide bonds. The van der Waals surface area contributed by atoms with Crippen LogP contribution in [0.3, 0.4) is 0 Å². The Morgan fingerprint density at radius 1 is 1.11 bits per heavy atom. The van der Waals surface area contributed by atoms with E-state index in [0.29, 0.717) is 23.6 Å². The van der Waals surface area contributed by atoms with Crippen LogP contribution in [0, 0.1) is 0 Å². The second kappa shape index (κ2) is 6.20. The first-order valence-corrected chi connectivity index (χ1v) is 6.05. The van der Waals surface area contributed by atoms with Gasteiger partial charge in [-0.15, -0.1) is 0 Å². The SMILES string of the molecule is COc1cccc(CC(O)c2ccccn2)c1OC. The van der Waals surface area contributed by atoms with E-state index in [9.17, 15) is 5.11 Å². The van der Waals surface area contributed by atoms with Crippen molar-refractivity contribution in [2.24, 2.45) is 0 Å². The largest absolute Gasteiger partial charge is 0.493 e. The highest BCUT2D eigenvalue weighted by atomic mass is 16.5. The number of hydrogen-bond donors (Lipinski definition) is 1. The molecule has 0 radical (unpaired) electrons. The fraction of sp³-hybridized carbons (Fsp3) is 0.267. The summed E-state index contributed by atoms with van der Waals surface area (Å²) in [6, 6.07) is 11.1. The van der Waals surface area contributed by atoms with Gasteiger partial charge in [0.05, 0.1) is 19.9 Å². The number of hydrogen-bond acceptors (Lipinski definition) is 4. The van der Waals surface area contributed by atoms with Gasteiger partial charge in [0.15, 0.2) is 11.5 Å². The Hall–Kier alpha value is -2.07. The molecule has 4 heteroatoms. The van der Waals surface area contributed by atoms with Gasteiger partial charge >= 0.3 is 0 Å². The molecule has 0 fully saturated rings. The summed E-state index contributed by atoms with van der Waals surface area (Å²) in [5.74, 6) is 1.31. The van der Waals surface area contributed by atoms with Gasteiger partial charge in [-0.05, 0) is 18.2 Å². The van der Waals surface area contributed by atoms with E-state index in [1.165, 1.54) is 0 Å². The van der Waals surface area contributed by atoms with E-state index in [4.69, 9.17) is 9.47 Å². The Labute approximate surface area is 112 Å². The van der Waals surface area contributed by atoms with Gasteiger partial charge in [0.1, 0.15) is 6.10 Å². The summed E-state index contributed by atoms with van der Waals surface area (Å²) < 4.78 is 10.6. The van der Waals surface area contributed by atoms with E-state index in [-0.39, 0.29) is 0 Å². The van der Waals surface area contributed by atoms with E-state index in [0.717, 1.165) is 5.56 Å². The summed E-state index contributed by atoms with van der Waals surface area (Å²) in [6.07, 6.45) is 1.43. The molecule has 1 heterocycles. The molecule has 1 aromatic heterocycles. The molecule has 0 saturated carbocycles. The number of aromatic nitrogens is 1. The number of benzene rings is 1. The van der Waals surface area contributed by atoms with Crippen molar-refractivity contribution in [1.29, 1.82) is 0 Å². The van der Waals surface area contributed by atoms with Gasteiger partial charge < -0.3 is 14.6 Å². The quantitative estimate of drug-likeness (QED) is 0.895. The maximum atomic E-state index is 10.2. The second-order valence-electron chi connectivity index (χ2n) is 4.13. The molecule has 4 nitrogen and oxygen atoms in total. The van der Waals surface area contributed by atoms with Crippen LogP contribution in [-0.4, -0.2) is 24.3 Å². The van der Waals surface area contributed by atoms with Crippen LogP contribution in [0.4, 0.5) is 0 Å². The van der Waals surface area contributed by atoms with E-state index < -0.39 is 6.10 Å². The fourth-order valence-corrected chi connectivity index (χ4v) is 2.00. The van der Waals surface area contributed by atoms with Crippen molar-refractivity contribution in [3.8, 4) is 11.5 Å². The molecule has 0 saturated heterocycles. The predicted octanol–water partition coefficient (Wildman–Crippen LogP) is 2.37. The lowest BCUT2D eigenvalue weighted by atomic mass is 10.0. The van der Waals surface area contributed by atoms with Crippen LogP contribution in [0.25, 0.3) is 0 Å². The minimum Gasteiger partial charge on any atom is -0.493 e. The van der Waals surface area contributed by atoms with Crippen LogP contribution >= 0.6 is 0 Å². The average Bonchev–Trinajstić information content (AvgIpc) is 2.47. The van der Waals surface area contributed by atoms with Gasteiger partial charge in [-0.2, -0.15) is 0 Å². The minimum absolute atomic E-state index is 0.428. The highest BCUT2D eigenvalue weighted by Crippen LogP contribution is 2.33. The van der Waals surface area contributed by atoms with Crippen molar-refractivity contribution >= 4 is 0 Å². The van der Waals surface area contributed by atoms with Crippen molar-refractivity contribution in [3.63, 3.8) is 0 Å². The molecule has 2 rings (SSSR count). The first-order valence-electron chi connectivity index (χ1n) is 6.05. The minimum atomic E-state index is -0.665. The summed E-state index contributed by atoms with van der Waals surface area (Å²) in [4.78, 5) is 4.15. The number of para-hydroxylation sites is 1. The Balaban J connectivity index is 2.24. The smallest absolute Gasteiger partial charge is 0.164 e. The highest BCUT2D eigenvalue weighted by molar-refractivity contribution is 5.47. The third-order valence-electron chi connectivity index (χ3n) is 2.93. The first kappa shape index (κ1) is 13.4. The monoisotopic (exact) mass is 259 g/mol. The molecule has 1 atom stereocenters. The lowest BCUT2D eigenvalue weighted by Crippen LogP contribution is -2.05. The molecule has 2 aromatic rings. The molecular weight excluding hydrogens is 242 g/mol.